The molecule has 0 heterocycles. The molecule has 0 N–H and O–H groups in total. The highest BCUT2D eigenvalue weighted by molar-refractivity contribution is 5.94. The van der Waals surface area contributed by atoms with Crippen LogP contribution in [0.3, 0.4) is 0 Å². The van der Waals surface area contributed by atoms with Gasteiger partial charge in [0.2, 0.25) is 0 Å². The Morgan fingerprint density at radius 1 is 1.09 bits per heavy atom. The van der Waals surface area contributed by atoms with E-state index >= 15 is 0 Å². The molecule has 2 aromatic carbocycles. The molecule has 0 radical (unpaired) electrons. The van der Waals surface area contributed by atoms with E-state index in [-0.39, 0.29) is 30.7 Å². The van der Waals surface area contributed by atoms with E-state index in [1.165, 1.54) is 17.9 Å². The van der Waals surface area contributed by atoms with Gasteiger partial charge in [-0.3, -0.25) is 9.59 Å². The first-order chi connectivity index (χ1) is 11.0. The van der Waals surface area contributed by atoms with Crippen LogP contribution in [0.1, 0.15) is 22.8 Å². The van der Waals surface area contributed by atoms with E-state index in [2.05, 4.69) is 0 Å². The summed E-state index contributed by atoms with van der Waals surface area (Å²) in [6.45, 7) is 1.51. The van der Waals surface area contributed by atoms with E-state index in [4.69, 9.17) is 4.74 Å². The summed E-state index contributed by atoms with van der Waals surface area (Å²) in [7, 11) is 1.59. The first-order valence-electron chi connectivity index (χ1n) is 7.18. The maximum atomic E-state index is 13.6. The third-order valence-corrected chi connectivity index (χ3v) is 3.41. The lowest BCUT2D eigenvalue weighted by atomic mass is 10.1. The van der Waals surface area contributed by atoms with Crippen LogP contribution in [-0.2, 0) is 11.3 Å². The highest BCUT2D eigenvalue weighted by Gasteiger charge is 2.12. The molecule has 0 aromatic heterocycles. The lowest BCUT2D eigenvalue weighted by Gasteiger charge is -2.18. The molecule has 0 spiro atoms. The number of hydrogen-bond donors (Lipinski definition) is 0. The number of likely N-dealkylation sites (N-methyl/N-ethyl adjacent to an activating group) is 1. The quantitative estimate of drug-likeness (QED) is 0.770. The average molecular weight is 315 g/mol. The number of ketones is 1. The van der Waals surface area contributed by atoms with Gasteiger partial charge in [-0.15, -0.1) is 0 Å². The molecule has 120 valence electrons. The molecule has 0 aliphatic heterocycles. The van der Waals surface area contributed by atoms with Gasteiger partial charge >= 0.3 is 0 Å². The van der Waals surface area contributed by atoms with Crippen molar-refractivity contribution in [1.82, 2.24) is 4.90 Å². The van der Waals surface area contributed by atoms with Gasteiger partial charge in [0.25, 0.3) is 5.91 Å². The number of rotatable bonds is 6. The van der Waals surface area contributed by atoms with Gasteiger partial charge in [0.15, 0.2) is 12.4 Å². The Labute approximate surface area is 134 Å². The molecular weight excluding hydrogens is 297 g/mol. The molecule has 5 heteroatoms. The van der Waals surface area contributed by atoms with Crippen molar-refractivity contribution in [3.8, 4) is 5.75 Å². The van der Waals surface area contributed by atoms with Crippen molar-refractivity contribution in [2.24, 2.45) is 0 Å². The van der Waals surface area contributed by atoms with Crippen molar-refractivity contribution in [1.29, 1.82) is 0 Å². The third kappa shape index (κ3) is 4.64. The molecule has 2 rings (SSSR count). The number of halogens is 1. The summed E-state index contributed by atoms with van der Waals surface area (Å²) in [5.41, 5.74) is 1.04. The number of carbonyl (C=O) groups is 2. The number of amides is 1. The van der Waals surface area contributed by atoms with Crippen LogP contribution in [0.4, 0.5) is 4.39 Å². The molecule has 4 nitrogen and oxygen atoms in total. The maximum absolute atomic E-state index is 13.6. The zero-order chi connectivity index (χ0) is 16.8. The van der Waals surface area contributed by atoms with E-state index in [0.717, 1.165) is 0 Å². The Hall–Kier alpha value is -2.69. The van der Waals surface area contributed by atoms with E-state index < -0.39 is 0 Å². The molecular formula is C18H18FNO3. The van der Waals surface area contributed by atoms with E-state index in [9.17, 15) is 14.0 Å². The van der Waals surface area contributed by atoms with E-state index in [1.807, 2.05) is 0 Å². The SMILES string of the molecule is CC(=O)c1ccc(OCC(=O)N(C)Cc2ccccc2F)cc1. The summed E-state index contributed by atoms with van der Waals surface area (Å²) in [6, 6.07) is 12.9. The Morgan fingerprint density at radius 2 is 1.74 bits per heavy atom. The topological polar surface area (TPSA) is 46.6 Å². The molecule has 1 amide bonds. The minimum Gasteiger partial charge on any atom is -0.484 e. The fourth-order valence-corrected chi connectivity index (χ4v) is 2.01. The summed E-state index contributed by atoms with van der Waals surface area (Å²) in [5, 5.41) is 0. The average Bonchev–Trinajstić information content (AvgIpc) is 2.55. The van der Waals surface area contributed by atoms with Crippen molar-refractivity contribution >= 4 is 11.7 Å². The van der Waals surface area contributed by atoms with Crippen LogP contribution >= 0.6 is 0 Å². The standard InChI is InChI=1S/C18H18FNO3/c1-13(21)14-7-9-16(10-8-14)23-12-18(22)20(2)11-15-5-3-4-6-17(15)19/h3-10H,11-12H2,1-2H3. The molecule has 0 saturated carbocycles. The minimum atomic E-state index is -0.340. The van der Waals surface area contributed by atoms with Gasteiger partial charge < -0.3 is 9.64 Å². The maximum Gasteiger partial charge on any atom is 0.260 e. The first-order valence-corrected chi connectivity index (χ1v) is 7.18. The molecule has 0 atom stereocenters. The number of benzene rings is 2. The Bertz CT molecular complexity index is 698. The Balaban J connectivity index is 1.89. The van der Waals surface area contributed by atoms with Crippen LogP contribution in [0.15, 0.2) is 48.5 Å². The lowest BCUT2D eigenvalue weighted by Crippen LogP contribution is -2.31. The summed E-state index contributed by atoms with van der Waals surface area (Å²) >= 11 is 0. The van der Waals surface area contributed by atoms with Gasteiger partial charge in [0, 0.05) is 24.7 Å². The Morgan fingerprint density at radius 3 is 2.35 bits per heavy atom. The predicted molar refractivity (Wildman–Crippen MR) is 84.8 cm³/mol. The van der Waals surface area contributed by atoms with Gasteiger partial charge in [0.05, 0.1) is 0 Å². The zero-order valence-corrected chi connectivity index (χ0v) is 13.1. The highest BCUT2D eigenvalue weighted by Crippen LogP contribution is 2.13. The van der Waals surface area contributed by atoms with Gasteiger partial charge in [-0.25, -0.2) is 4.39 Å². The fourth-order valence-electron chi connectivity index (χ4n) is 2.01. The zero-order valence-electron chi connectivity index (χ0n) is 13.1. The number of ether oxygens (including phenoxy) is 1. The molecule has 0 unspecified atom stereocenters. The van der Waals surface area contributed by atoms with E-state index in [0.29, 0.717) is 16.9 Å². The third-order valence-electron chi connectivity index (χ3n) is 3.41. The summed E-state index contributed by atoms with van der Waals surface area (Å²) in [6.07, 6.45) is 0. The van der Waals surface area contributed by atoms with Crippen LogP contribution in [0.2, 0.25) is 0 Å². The lowest BCUT2D eigenvalue weighted by molar-refractivity contribution is -0.132. The van der Waals surface area contributed by atoms with Crippen molar-refractivity contribution in [3.05, 3.63) is 65.5 Å². The summed E-state index contributed by atoms with van der Waals surface area (Å²) in [5.74, 6) is -0.128. The molecule has 23 heavy (non-hydrogen) atoms. The van der Waals surface area contributed by atoms with Crippen LogP contribution in [0, 0.1) is 5.82 Å². The number of carbonyl (C=O) groups excluding carboxylic acids is 2. The van der Waals surface area contributed by atoms with Crippen molar-refractivity contribution in [2.75, 3.05) is 13.7 Å². The van der Waals surface area contributed by atoms with Crippen molar-refractivity contribution in [3.63, 3.8) is 0 Å². The van der Waals surface area contributed by atoms with Gasteiger partial charge in [0.1, 0.15) is 11.6 Å². The number of nitrogens with zero attached hydrogens (tertiary/aromatic N) is 1. The van der Waals surface area contributed by atoms with Crippen molar-refractivity contribution in [2.45, 2.75) is 13.5 Å². The van der Waals surface area contributed by atoms with Crippen LogP contribution < -0.4 is 4.74 Å². The predicted octanol–water partition coefficient (Wildman–Crippen LogP) is 3.07. The normalized spacial score (nSPS) is 10.2. The molecule has 0 aliphatic carbocycles. The van der Waals surface area contributed by atoms with Gasteiger partial charge in [-0.1, -0.05) is 18.2 Å². The van der Waals surface area contributed by atoms with E-state index in [1.54, 1.807) is 49.5 Å². The molecule has 0 fully saturated rings. The van der Waals surface area contributed by atoms with Crippen LogP contribution in [0.25, 0.3) is 0 Å². The molecule has 0 aliphatic rings. The Kier molecular flexibility index (Phi) is 5.46. The summed E-state index contributed by atoms with van der Waals surface area (Å²) < 4.78 is 19.0. The second-order valence-electron chi connectivity index (χ2n) is 5.21. The fraction of sp³-hybridized carbons (Fsp3) is 0.222. The smallest absolute Gasteiger partial charge is 0.260 e. The molecule has 0 bridgehead atoms. The van der Waals surface area contributed by atoms with Gasteiger partial charge in [-0.05, 0) is 37.3 Å². The largest absolute Gasteiger partial charge is 0.484 e. The molecule has 2 aromatic rings. The number of Topliss-reactive ketones (excluding diaryl/α,β-unsaturated/α-hetero) is 1. The second-order valence-corrected chi connectivity index (χ2v) is 5.21. The second kappa shape index (κ2) is 7.54. The van der Waals surface area contributed by atoms with Gasteiger partial charge in [-0.2, -0.15) is 0 Å². The monoisotopic (exact) mass is 315 g/mol. The van der Waals surface area contributed by atoms with Crippen molar-refractivity contribution < 1.29 is 18.7 Å². The minimum absolute atomic E-state index is 0.0303. The highest BCUT2D eigenvalue weighted by atomic mass is 19.1. The van der Waals surface area contributed by atoms with Crippen LogP contribution in [-0.4, -0.2) is 30.2 Å². The first kappa shape index (κ1) is 16.7. The van der Waals surface area contributed by atoms with Crippen LogP contribution in [0.5, 0.6) is 5.75 Å². The summed E-state index contributed by atoms with van der Waals surface area (Å²) in [4.78, 5) is 24.6. The molecule has 0 saturated heterocycles. The number of hydrogen-bond acceptors (Lipinski definition) is 3.